The maximum Gasteiger partial charge on any atom is 0.261 e. The number of carbonyl (C=O) groups is 2. The van der Waals surface area contributed by atoms with Gasteiger partial charge in [-0.3, -0.25) is 9.59 Å². The fraction of sp³-hybridized carbons (Fsp3) is 0.250. The normalized spacial score (nSPS) is 11.7. The third-order valence-electron chi connectivity index (χ3n) is 3.12. The Balaban J connectivity index is 1.91. The molecule has 21 heavy (non-hydrogen) atoms. The van der Waals surface area contributed by atoms with Crippen molar-refractivity contribution in [3.63, 3.8) is 0 Å². The van der Waals surface area contributed by atoms with Crippen LogP contribution in [0.2, 0.25) is 0 Å². The first-order valence-corrected chi connectivity index (χ1v) is 7.72. The molecule has 1 aromatic heterocycles. The van der Waals surface area contributed by atoms with Gasteiger partial charge in [0.2, 0.25) is 5.91 Å². The summed E-state index contributed by atoms with van der Waals surface area (Å²) in [5.74, 6) is -0.460. The van der Waals surface area contributed by atoms with Crippen LogP contribution in [0.25, 0.3) is 0 Å². The SMILES string of the molecule is CCc1ccc(NC(=O)C(C)NC(=O)c2cccs2)cc1. The molecule has 2 aromatic rings. The molecule has 2 N–H and O–H groups in total. The Bertz CT molecular complexity index is 606. The van der Waals surface area contributed by atoms with Gasteiger partial charge >= 0.3 is 0 Å². The predicted octanol–water partition coefficient (Wildman–Crippen LogP) is 3.07. The van der Waals surface area contributed by atoms with E-state index >= 15 is 0 Å². The lowest BCUT2D eigenvalue weighted by molar-refractivity contribution is -0.117. The second kappa shape index (κ2) is 7.04. The molecule has 1 atom stereocenters. The molecular formula is C16H18N2O2S. The van der Waals surface area contributed by atoms with Gasteiger partial charge in [0, 0.05) is 5.69 Å². The van der Waals surface area contributed by atoms with E-state index in [0.29, 0.717) is 4.88 Å². The van der Waals surface area contributed by atoms with Crippen LogP contribution in [-0.2, 0) is 11.2 Å². The maximum absolute atomic E-state index is 12.0. The molecule has 2 amide bonds. The van der Waals surface area contributed by atoms with Crippen molar-refractivity contribution in [2.24, 2.45) is 0 Å². The van der Waals surface area contributed by atoms with Crippen molar-refractivity contribution in [2.45, 2.75) is 26.3 Å². The highest BCUT2D eigenvalue weighted by Crippen LogP contribution is 2.11. The van der Waals surface area contributed by atoms with Crippen LogP contribution in [0.4, 0.5) is 5.69 Å². The van der Waals surface area contributed by atoms with Crippen LogP contribution >= 0.6 is 11.3 Å². The topological polar surface area (TPSA) is 58.2 Å². The van der Waals surface area contributed by atoms with Gasteiger partial charge in [-0.1, -0.05) is 25.1 Å². The van der Waals surface area contributed by atoms with Crippen LogP contribution < -0.4 is 10.6 Å². The first-order valence-electron chi connectivity index (χ1n) is 6.84. The predicted molar refractivity (Wildman–Crippen MR) is 85.7 cm³/mol. The van der Waals surface area contributed by atoms with Gasteiger partial charge in [0.25, 0.3) is 5.91 Å². The van der Waals surface area contributed by atoms with Crippen LogP contribution in [0.5, 0.6) is 0 Å². The minimum atomic E-state index is -0.592. The van der Waals surface area contributed by atoms with E-state index in [1.54, 1.807) is 19.1 Å². The van der Waals surface area contributed by atoms with E-state index in [4.69, 9.17) is 0 Å². The summed E-state index contributed by atoms with van der Waals surface area (Å²) in [7, 11) is 0. The van der Waals surface area contributed by atoms with E-state index in [0.717, 1.165) is 12.1 Å². The van der Waals surface area contributed by atoms with Gasteiger partial charge in [-0.2, -0.15) is 0 Å². The highest BCUT2D eigenvalue weighted by molar-refractivity contribution is 7.12. The lowest BCUT2D eigenvalue weighted by Gasteiger charge is -2.13. The smallest absolute Gasteiger partial charge is 0.261 e. The van der Waals surface area contributed by atoms with E-state index < -0.39 is 6.04 Å². The van der Waals surface area contributed by atoms with Crippen LogP contribution in [0.15, 0.2) is 41.8 Å². The molecule has 1 heterocycles. The number of hydrogen-bond acceptors (Lipinski definition) is 3. The number of benzene rings is 1. The molecule has 0 aliphatic carbocycles. The zero-order valence-electron chi connectivity index (χ0n) is 12.1. The Morgan fingerprint density at radius 1 is 1.19 bits per heavy atom. The van der Waals surface area contributed by atoms with Gasteiger partial charge in [-0.15, -0.1) is 11.3 Å². The summed E-state index contributed by atoms with van der Waals surface area (Å²) in [5.41, 5.74) is 1.95. The van der Waals surface area contributed by atoms with Gasteiger partial charge in [0.15, 0.2) is 0 Å². The highest BCUT2D eigenvalue weighted by Gasteiger charge is 2.17. The van der Waals surface area contributed by atoms with Crippen LogP contribution in [-0.4, -0.2) is 17.9 Å². The first kappa shape index (κ1) is 15.3. The second-order valence-electron chi connectivity index (χ2n) is 4.71. The Morgan fingerprint density at radius 2 is 1.90 bits per heavy atom. The molecule has 110 valence electrons. The van der Waals surface area contributed by atoms with Gasteiger partial charge < -0.3 is 10.6 Å². The van der Waals surface area contributed by atoms with E-state index in [2.05, 4.69) is 17.6 Å². The van der Waals surface area contributed by atoms with Gasteiger partial charge in [0.05, 0.1) is 4.88 Å². The third kappa shape index (κ3) is 4.16. The van der Waals surface area contributed by atoms with Crippen molar-refractivity contribution in [3.8, 4) is 0 Å². The summed E-state index contributed by atoms with van der Waals surface area (Å²) in [5, 5.41) is 7.31. The van der Waals surface area contributed by atoms with Crippen LogP contribution in [0.3, 0.4) is 0 Å². The van der Waals surface area contributed by atoms with Crippen molar-refractivity contribution in [2.75, 3.05) is 5.32 Å². The Labute approximate surface area is 128 Å². The molecule has 1 aromatic carbocycles. The Kier molecular flexibility index (Phi) is 5.11. The molecule has 1 unspecified atom stereocenters. The molecule has 0 saturated carbocycles. The lowest BCUT2D eigenvalue weighted by atomic mass is 10.1. The molecule has 5 heteroatoms. The summed E-state index contributed by atoms with van der Waals surface area (Å²) in [6.45, 7) is 3.75. The van der Waals surface area contributed by atoms with Crippen molar-refractivity contribution in [1.82, 2.24) is 5.32 Å². The fourth-order valence-electron chi connectivity index (χ4n) is 1.82. The highest BCUT2D eigenvalue weighted by atomic mass is 32.1. The number of nitrogens with one attached hydrogen (secondary N) is 2. The molecule has 0 saturated heterocycles. The molecule has 0 spiro atoms. The molecule has 0 bridgehead atoms. The second-order valence-corrected chi connectivity index (χ2v) is 5.66. The number of aryl methyl sites for hydroxylation is 1. The minimum absolute atomic E-state index is 0.228. The van der Waals surface area contributed by atoms with E-state index in [1.807, 2.05) is 29.6 Å². The molecular weight excluding hydrogens is 284 g/mol. The lowest BCUT2D eigenvalue weighted by Crippen LogP contribution is -2.41. The summed E-state index contributed by atoms with van der Waals surface area (Å²) >= 11 is 1.35. The summed E-state index contributed by atoms with van der Waals surface area (Å²) in [6, 6.07) is 10.6. The van der Waals surface area contributed by atoms with E-state index in [-0.39, 0.29) is 11.8 Å². The molecule has 0 aliphatic heterocycles. The molecule has 0 radical (unpaired) electrons. The van der Waals surface area contributed by atoms with Gasteiger partial charge in [-0.25, -0.2) is 0 Å². The van der Waals surface area contributed by atoms with Crippen LogP contribution in [0.1, 0.15) is 29.1 Å². The number of rotatable bonds is 5. The quantitative estimate of drug-likeness (QED) is 0.892. The minimum Gasteiger partial charge on any atom is -0.340 e. The number of hydrogen-bond donors (Lipinski definition) is 2. The zero-order chi connectivity index (χ0) is 15.2. The largest absolute Gasteiger partial charge is 0.340 e. The van der Waals surface area contributed by atoms with E-state index in [9.17, 15) is 9.59 Å². The summed E-state index contributed by atoms with van der Waals surface area (Å²) in [4.78, 5) is 24.5. The fourth-order valence-corrected chi connectivity index (χ4v) is 2.44. The standard InChI is InChI=1S/C16H18N2O2S/c1-3-12-6-8-13(9-7-12)18-15(19)11(2)17-16(20)14-5-4-10-21-14/h4-11H,3H2,1-2H3,(H,17,20)(H,18,19). The van der Waals surface area contributed by atoms with Crippen molar-refractivity contribution in [3.05, 3.63) is 52.2 Å². The first-order chi connectivity index (χ1) is 10.1. The van der Waals surface area contributed by atoms with Crippen molar-refractivity contribution >= 4 is 28.8 Å². The third-order valence-corrected chi connectivity index (χ3v) is 3.98. The molecule has 0 aliphatic rings. The average molecular weight is 302 g/mol. The van der Waals surface area contributed by atoms with Gasteiger partial charge in [-0.05, 0) is 42.5 Å². The number of carbonyl (C=O) groups excluding carboxylic acids is 2. The van der Waals surface area contributed by atoms with Crippen molar-refractivity contribution < 1.29 is 9.59 Å². The van der Waals surface area contributed by atoms with Crippen LogP contribution in [0, 0.1) is 0 Å². The molecule has 4 nitrogen and oxygen atoms in total. The molecule has 2 rings (SSSR count). The number of thiophene rings is 1. The van der Waals surface area contributed by atoms with E-state index in [1.165, 1.54) is 16.9 Å². The summed E-state index contributed by atoms with van der Waals surface area (Å²) < 4.78 is 0. The van der Waals surface area contributed by atoms with Gasteiger partial charge in [0.1, 0.15) is 6.04 Å². The zero-order valence-corrected chi connectivity index (χ0v) is 12.9. The monoisotopic (exact) mass is 302 g/mol. The molecule has 0 fully saturated rings. The van der Waals surface area contributed by atoms with Crippen molar-refractivity contribution in [1.29, 1.82) is 0 Å². The number of amides is 2. The number of anilines is 1. The Morgan fingerprint density at radius 3 is 2.48 bits per heavy atom. The summed E-state index contributed by atoms with van der Waals surface area (Å²) in [6.07, 6.45) is 0.960. The average Bonchev–Trinajstić information content (AvgIpc) is 3.02. The maximum atomic E-state index is 12.0. The Hall–Kier alpha value is -2.14.